The fourth-order valence-electron chi connectivity index (χ4n) is 2.19. The van der Waals surface area contributed by atoms with Gasteiger partial charge in [0.25, 0.3) is 0 Å². The van der Waals surface area contributed by atoms with E-state index >= 15 is 0 Å². The van der Waals surface area contributed by atoms with Gasteiger partial charge in [-0.05, 0) is 43.0 Å². The molecule has 1 aromatic heterocycles. The minimum absolute atomic E-state index is 0.268. The van der Waals surface area contributed by atoms with Gasteiger partial charge in [-0.2, -0.15) is 0 Å². The molecule has 2 rings (SSSR count). The van der Waals surface area contributed by atoms with Crippen molar-refractivity contribution in [2.24, 2.45) is 0 Å². The van der Waals surface area contributed by atoms with Crippen LogP contribution in [0.3, 0.4) is 0 Å². The van der Waals surface area contributed by atoms with Gasteiger partial charge in [-0.15, -0.1) is 11.3 Å². The minimum Gasteiger partial charge on any atom is -0.312 e. The summed E-state index contributed by atoms with van der Waals surface area (Å²) in [4.78, 5) is 2.90. The van der Waals surface area contributed by atoms with Crippen LogP contribution in [0.2, 0.25) is 0 Å². The van der Waals surface area contributed by atoms with Gasteiger partial charge in [-0.25, -0.2) is 0 Å². The van der Waals surface area contributed by atoms with Crippen molar-refractivity contribution in [1.82, 2.24) is 5.32 Å². The minimum atomic E-state index is 0.268. The highest BCUT2D eigenvalue weighted by atomic mass is 32.1. The largest absolute Gasteiger partial charge is 0.312 e. The van der Waals surface area contributed by atoms with Crippen molar-refractivity contribution < 1.29 is 0 Å². The summed E-state index contributed by atoms with van der Waals surface area (Å²) in [5.74, 6) is 0. The number of rotatable bonds is 5. The molecule has 0 aliphatic carbocycles. The van der Waals surface area contributed by atoms with Gasteiger partial charge >= 0.3 is 0 Å². The zero-order chi connectivity index (χ0) is 14.6. The summed E-state index contributed by atoms with van der Waals surface area (Å²) in [6.07, 6.45) is 1.10. The molecule has 1 nitrogen and oxygen atoms in total. The Kier molecular flexibility index (Phi) is 5.00. The summed E-state index contributed by atoms with van der Waals surface area (Å²) in [5.41, 5.74) is 3.03. The molecule has 0 aliphatic heterocycles. The average molecular weight is 287 g/mol. The van der Waals surface area contributed by atoms with Gasteiger partial charge in [-0.1, -0.05) is 50.6 Å². The predicted molar refractivity (Wildman–Crippen MR) is 89.6 cm³/mol. The molecule has 0 unspecified atom stereocenters. The van der Waals surface area contributed by atoms with E-state index in [1.807, 2.05) is 11.3 Å². The first-order chi connectivity index (χ1) is 9.45. The highest BCUT2D eigenvalue weighted by Crippen LogP contribution is 2.29. The van der Waals surface area contributed by atoms with Crippen LogP contribution in [0.1, 0.15) is 41.7 Å². The monoisotopic (exact) mass is 287 g/mol. The van der Waals surface area contributed by atoms with Crippen molar-refractivity contribution in [3.63, 3.8) is 0 Å². The molecule has 0 radical (unpaired) electrons. The van der Waals surface area contributed by atoms with E-state index in [9.17, 15) is 0 Å². The van der Waals surface area contributed by atoms with Crippen LogP contribution >= 0.6 is 11.3 Å². The first kappa shape index (κ1) is 15.3. The molecule has 2 aromatic rings. The molecule has 0 bridgehead atoms. The van der Waals surface area contributed by atoms with E-state index in [1.165, 1.54) is 20.9 Å². The molecule has 0 spiro atoms. The van der Waals surface area contributed by atoms with E-state index in [-0.39, 0.29) is 5.41 Å². The van der Waals surface area contributed by atoms with E-state index < -0.39 is 0 Å². The average Bonchev–Trinajstić information content (AvgIpc) is 2.83. The third-order valence-corrected chi connectivity index (χ3v) is 4.88. The fourth-order valence-corrected chi connectivity index (χ4v) is 3.22. The molecule has 1 heterocycles. The highest BCUT2D eigenvalue weighted by molar-refractivity contribution is 7.12. The molecule has 108 valence electrons. The van der Waals surface area contributed by atoms with Crippen molar-refractivity contribution in [2.45, 2.75) is 46.1 Å². The third kappa shape index (κ3) is 4.46. The van der Waals surface area contributed by atoms with Crippen molar-refractivity contribution in [3.05, 3.63) is 57.3 Å². The second kappa shape index (κ2) is 6.55. The molecule has 0 aliphatic rings. The van der Waals surface area contributed by atoms with Crippen molar-refractivity contribution in [3.8, 4) is 0 Å². The van der Waals surface area contributed by atoms with E-state index in [0.29, 0.717) is 0 Å². The smallest absolute Gasteiger partial charge is 0.0299 e. The SMILES string of the molecule is Cc1cccc(CCNCc2ccc(C(C)(C)C)s2)c1. The topological polar surface area (TPSA) is 12.0 Å². The molecule has 0 atom stereocenters. The maximum atomic E-state index is 3.54. The van der Waals surface area contributed by atoms with Crippen LogP contribution in [0.15, 0.2) is 36.4 Å². The van der Waals surface area contributed by atoms with Crippen LogP contribution in [0, 0.1) is 6.92 Å². The van der Waals surface area contributed by atoms with E-state index in [2.05, 4.69) is 69.4 Å². The second-order valence-electron chi connectivity index (χ2n) is 6.43. The molecule has 1 aromatic carbocycles. The van der Waals surface area contributed by atoms with Gasteiger partial charge < -0.3 is 5.32 Å². The maximum absolute atomic E-state index is 3.54. The van der Waals surface area contributed by atoms with Gasteiger partial charge in [0, 0.05) is 16.3 Å². The Bertz CT molecular complexity index is 549. The molecule has 20 heavy (non-hydrogen) atoms. The number of benzene rings is 1. The zero-order valence-corrected chi connectivity index (χ0v) is 13.8. The number of hydrogen-bond acceptors (Lipinski definition) is 2. The summed E-state index contributed by atoms with van der Waals surface area (Å²) in [6, 6.07) is 13.3. The molecule has 0 saturated heterocycles. The van der Waals surface area contributed by atoms with Crippen molar-refractivity contribution in [1.29, 1.82) is 0 Å². The third-order valence-electron chi connectivity index (χ3n) is 3.37. The standard InChI is InChI=1S/C18H25NS/c1-14-6-5-7-15(12-14)10-11-19-13-16-8-9-17(20-16)18(2,3)4/h5-9,12,19H,10-11,13H2,1-4H3. The van der Waals surface area contributed by atoms with Crippen LogP contribution in [-0.4, -0.2) is 6.54 Å². The predicted octanol–water partition coefficient (Wildman–Crippen LogP) is 4.69. The first-order valence-corrected chi connectivity index (χ1v) is 8.12. The lowest BCUT2D eigenvalue weighted by molar-refractivity contribution is 0.604. The van der Waals surface area contributed by atoms with Gasteiger partial charge in [0.15, 0.2) is 0 Å². The van der Waals surface area contributed by atoms with Crippen molar-refractivity contribution >= 4 is 11.3 Å². The molecule has 0 amide bonds. The van der Waals surface area contributed by atoms with Crippen LogP contribution in [0.5, 0.6) is 0 Å². The van der Waals surface area contributed by atoms with Gasteiger partial charge in [0.1, 0.15) is 0 Å². The normalized spacial score (nSPS) is 11.8. The Hall–Kier alpha value is -1.12. The van der Waals surface area contributed by atoms with Crippen molar-refractivity contribution in [2.75, 3.05) is 6.54 Å². The van der Waals surface area contributed by atoms with Gasteiger partial charge in [0.05, 0.1) is 0 Å². The lowest BCUT2D eigenvalue weighted by atomic mass is 9.95. The van der Waals surface area contributed by atoms with E-state index in [0.717, 1.165) is 19.5 Å². The maximum Gasteiger partial charge on any atom is 0.0299 e. The van der Waals surface area contributed by atoms with Gasteiger partial charge in [0.2, 0.25) is 0 Å². The van der Waals surface area contributed by atoms with Crippen LogP contribution < -0.4 is 5.32 Å². The van der Waals surface area contributed by atoms with Crippen LogP contribution in [0.4, 0.5) is 0 Å². The number of hydrogen-bond donors (Lipinski definition) is 1. The Labute approximate surface area is 127 Å². The molecular weight excluding hydrogens is 262 g/mol. The highest BCUT2D eigenvalue weighted by Gasteiger charge is 2.15. The second-order valence-corrected chi connectivity index (χ2v) is 7.60. The molecule has 2 heteroatoms. The summed E-state index contributed by atoms with van der Waals surface area (Å²) in [7, 11) is 0. The van der Waals surface area contributed by atoms with Gasteiger partial charge in [-0.3, -0.25) is 0 Å². The first-order valence-electron chi connectivity index (χ1n) is 7.30. The lowest BCUT2D eigenvalue weighted by Crippen LogP contribution is -2.16. The Morgan fingerprint density at radius 2 is 1.90 bits per heavy atom. The summed E-state index contributed by atoms with van der Waals surface area (Å²) in [6.45, 7) is 11.0. The number of aryl methyl sites for hydroxylation is 1. The Balaban J connectivity index is 1.77. The Morgan fingerprint density at radius 1 is 1.10 bits per heavy atom. The fraction of sp³-hybridized carbons (Fsp3) is 0.444. The Morgan fingerprint density at radius 3 is 2.55 bits per heavy atom. The zero-order valence-electron chi connectivity index (χ0n) is 13.0. The summed E-state index contributed by atoms with van der Waals surface area (Å²) < 4.78 is 0. The van der Waals surface area contributed by atoms with E-state index in [4.69, 9.17) is 0 Å². The molecule has 1 N–H and O–H groups in total. The molecular formula is C18H25NS. The van der Waals surface area contributed by atoms with E-state index in [1.54, 1.807) is 0 Å². The summed E-state index contributed by atoms with van der Waals surface area (Å²) in [5, 5.41) is 3.54. The number of nitrogens with one attached hydrogen (secondary N) is 1. The molecule has 0 saturated carbocycles. The van der Waals surface area contributed by atoms with Crippen LogP contribution in [-0.2, 0) is 18.4 Å². The quantitative estimate of drug-likeness (QED) is 0.787. The summed E-state index contributed by atoms with van der Waals surface area (Å²) >= 11 is 1.93. The lowest BCUT2D eigenvalue weighted by Gasteiger charge is -2.15. The number of thiophene rings is 1. The van der Waals surface area contributed by atoms with Crippen LogP contribution in [0.25, 0.3) is 0 Å². The molecule has 0 fully saturated rings.